The van der Waals surface area contributed by atoms with Gasteiger partial charge in [0.25, 0.3) is 5.91 Å². The monoisotopic (exact) mass is 327 g/mol. The molecule has 0 bridgehead atoms. The van der Waals surface area contributed by atoms with Crippen LogP contribution in [0.15, 0.2) is 12.1 Å². The Morgan fingerprint density at radius 2 is 1.67 bits per heavy atom. The number of hydrogen-bond donors (Lipinski definition) is 2. The van der Waals surface area contributed by atoms with Crippen LogP contribution in [-0.4, -0.2) is 35.0 Å². The summed E-state index contributed by atoms with van der Waals surface area (Å²) < 4.78 is 0. The average Bonchev–Trinajstić information content (AvgIpc) is 2.41. The fourth-order valence-electron chi connectivity index (χ4n) is 1.75. The third kappa shape index (κ3) is 6.44. The summed E-state index contributed by atoms with van der Waals surface area (Å²) in [5.41, 5.74) is 4.01. The number of rotatable bonds is 8. The highest BCUT2D eigenvalue weighted by Gasteiger charge is 2.10. The molecule has 1 aromatic rings. The molecule has 0 unspecified atom stereocenters. The van der Waals surface area contributed by atoms with Crippen molar-refractivity contribution in [3.63, 3.8) is 0 Å². The van der Waals surface area contributed by atoms with Crippen molar-refractivity contribution in [3.05, 3.63) is 34.4 Å². The Bertz CT molecular complexity index is 518. The van der Waals surface area contributed by atoms with Gasteiger partial charge in [0.05, 0.1) is 6.42 Å². The second-order valence-corrected chi connectivity index (χ2v) is 7.50. The molecule has 21 heavy (non-hydrogen) atoms. The van der Waals surface area contributed by atoms with Crippen molar-refractivity contribution >= 4 is 33.5 Å². The summed E-state index contributed by atoms with van der Waals surface area (Å²) in [5, 5.41) is 11.4. The largest absolute Gasteiger partial charge is 0.481 e. The summed E-state index contributed by atoms with van der Waals surface area (Å²) in [6.45, 7) is 6.56. The van der Waals surface area contributed by atoms with E-state index in [1.807, 2.05) is 32.9 Å². The molecule has 0 fully saturated rings. The smallest absolute Gasteiger partial charge is 0.304 e. The van der Waals surface area contributed by atoms with E-state index in [0.29, 0.717) is 12.3 Å². The summed E-state index contributed by atoms with van der Waals surface area (Å²) >= 11 is 0. The second-order valence-electron chi connectivity index (χ2n) is 4.79. The first-order valence-corrected chi connectivity index (χ1v) is 9.23. The van der Waals surface area contributed by atoms with Crippen molar-refractivity contribution in [2.24, 2.45) is 0 Å². The van der Waals surface area contributed by atoms with E-state index in [2.05, 4.69) is 5.32 Å². The molecule has 2 N–H and O–H groups in total. The maximum Gasteiger partial charge on any atom is 0.304 e. The summed E-state index contributed by atoms with van der Waals surface area (Å²) in [7, 11) is 3.10. The van der Waals surface area contributed by atoms with E-state index in [9.17, 15) is 9.59 Å². The van der Waals surface area contributed by atoms with Gasteiger partial charge in [0.1, 0.15) is 0 Å². The van der Waals surface area contributed by atoms with Gasteiger partial charge in [-0.1, -0.05) is 27.7 Å². The number of nitrogens with one attached hydrogen (secondary N) is 1. The first kappa shape index (κ1) is 17.9. The lowest BCUT2D eigenvalue weighted by molar-refractivity contribution is -0.136. The third-order valence-corrected chi connectivity index (χ3v) is 5.45. The molecule has 1 rings (SSSR count). The third-order valence-electron chi connectivity index (χ3n) is 3.04. The molecule has 6 heteroatoms. The van der Waals surface area contributed by atoms with Gasteiger partial charge in [-0.25, -0.2) is 0 Å². The Morgan fingerprint density at radius 3 is 2.33 bits per heavy atom. The Kier molecular flexibility index (Phi) is 7.67. The number of carbonyl (C=O) groups is 2. The van der Waals surface area contributed by atoms with Crippen molar-refractivity contribution in [1.82, 2.24) is 5.32 Å². The standard InChI is InChI=1S/C15H21NO3S2/c1-10-8-12(3)13(9-11(10)2)15(19)16-5-7-21-20-6-4-14(17)18/h8-9H,4-7H2,1-3H3,(H,16,19)(H,17,18). The zero-order valence-corrected chi connectivity index (χ0v) is 14.2. The van der Waals surface area contributed by atoms with Crippen molar-refractivity contribution in [2.75, 3.05) is 18.1 Å². The zero-order valence-electron chi connectivity index (χ0n) is 12.6. The summed E-state index contributed by atoms with van der Waals surface area (Å²) in [6, 6.07) is 3.95. The normalized spacial score (nSPS) is 10.4. The fraction of sp³-hybridized carbons (Fsp3) is 0.467. The molecule has 0 spiro atoms. The van der Waals surface area contributed by atoms with Gasteiger partial charge in [0.2, 0.25) is 0 Å². The van der Waals surface area contributed by atoms with Crippen LogP contribution >= 0.6 is 21.6 Å². The van der Waals surface area contributed by atoms with Crippen LogP contribution in [0.25, 0.3) is 0 Å². The maximum absolute atomic E-state index is 12.1. The average molecular weight is 327 g/mol. The number of aliphatic carboxylic acids is 1. The van der Waals surface area contributed by atoms with Crippen LogP contribution in [0.1, 0.15) is 33.5 Å². The first-order valence-electron chi connectivity index (χ1n) is 6.74. The van der Waals surface area contributed by atoms with Gasteiger partial charge in [0.15, 0.2) is 0 Å². The van der Waals surface area contributed by atoms with Gasteiger partial charge in [-0.15, -0.1) is 0 Å². The Balaban J connectivity index is 2.31. The highest BCUT2D eigenvalue weighted by molar-refractivity contribution is 8.76. The van der Waals surface area contributed by atoms with Crippen LogP contribution < -0.4 is 5.32 Å². The van der Waals surface area contributed by atoms with E-state index in [0.717, 1.165) is 22.4 Å². The predicted octanol–water partition coefficient (Wildman–Crippen LogP) is 3.20. The van der Waals surface area contributed by atoms with Crippen LogP contribution in [0.3, 0.4) is 0 Å². The number of carbonyl (C=O) groups excluding carboxylic acids is 1. The van der Waals surface area contributed by atoms with Crippen LogP contribution in [0.2, 0.25) is 0 Å². The molecule has 1 amide bonds. The SMILES string of the molecule is Cc1cc(C)c(C(=O)NCCSSCCC(=O)O)cc1C. The molecule has 0 atom stereocenters. The maximum atomic E-state index is 12.1. The Morgan fingerprint density at radius 1 is 1.05 bits per heavy atom. The Hall–Kier alpha value is -1.14. The van der Waals surface area contributed by atoms with E-state index in [1.165, 1.54) is 16.4 Å². The quantitative estimate of drug-likeness (QED) is 0.567. The summed E-state index contributed by atoms with van der Waals surface area (Å²) in [6.07, 6.45) is 0.172. The fourth-order valence-corrected chi connectivity index (χ4v) is 3.64. The molecule has 0 aromatic heterocycles. The van der Waals surface area contributed by atoms with E-state index >= 15 is 0 Å². The van der Waals surface area contributed by atoms with E-state index < -0.39 is 5.97 Å². The van der Waals surface area contributed by atoms with Gasteiger partial charge < -0.3 is 10.4 Å². The van der Waals surface area contributed by atoms with E-state index in [4.69, 9.17) is 5.11 Å². The molecule has 116 valence electrons. The van der Waals surface area contributed by atoms with Crippen molar-refractivity contribution in [3.8, 4) is 0 Å². The minimum Gasteiger partial charge on any atom is -0.481 e. The lowest BCUT2D eigenvalue weighted by atomic mass is 10.0. The van der Waals surface area contributed by atoms with Gasteiger partial charge in [0, 0.05) is 23.6 Å². The molecule has 1 aromatic carbocycles. The molecular formula is C15H21NO3S2. The summed E-state index contributed by atoms with van der Waals surface area (Å²) in [5.74, 6) is 0.526. The van der Waals surface area contributed by atoms with Crippen LogP contribution in [-0.2, 0) is 4.79 Å². The zero-order chi connectivity index (χ0) is 15.8. The van der Waals surface area contributed by atoms with Gasteiger partial charge in [-0.2, -0.15) is 0 Å². The van der Waals surface area contributed by atoms with Gasteiger partial charge >= 0.3 is 5.97 Å². The van der Waals surface area contributed by atoms with Crippen LogP contribution in [0.4, 0.5) is 0 Å². The highest BCUT2D eigenvalue weighted by atomic mass is 33.1. The highest BCUT2D eigenvalue weighted by Crippen LogP contribution is 2.21. The molecule has 0 aliphatic carbocycles. The van der Waals surface area contributed by atoms with Gasteiger partial charge in [-0.3, -0.25) is 9.59 Å². The minimum atomic E-state index is -0.776. The molecular weight excluding hydrogens is 306 g/mol. The molecule has 0 aliphatic rings. The summed E-state index contributed by atoms with van der Waals surface area (Å²) in [4.78, 5) is 22.4. The minimum absolute atomic E-state index is 0.0493. The number of amides is 1. The number of hydrogen-bond acceptors (Lipinski definition) is 4. The lowest BCUT2D eigenvalue weighted by Crippen LogP contribution is -2.26. The van der Waals surface area contributed by atoms with Crippen molar-refractivity contribution in [2.45, 2.75) is 27.2 Å². The topological polar surface area (TPSA) is 66.4 Å². The van der Waals surface area contributed by atoms with E-state index in [1.54, 1.807) is 10.8 Å². The van der Waals surface area contributed by atoms with E-state index in [-0.39, 0.29) is 12.3 Å². The lowest BCUT2D eigenvalue weighted by Gasteiger charge is -2.10. The second kappa shape index (κ2) is 9.00. The predicted molar refractivity (Wildman–Crippen MR) is 90.2 cm³/mol. The molecule has 0 saturated carbocycles. The molecule has 0 saturated heterocycles. The number of carboxylic acids is 1. The van der Waals surface area contributed by atoms with Crippen LogP contribution in [0, 0.1) is 20.8 Å². The van der Waals surface area contributed by atoms with Crippen molar-refractivity contribution < 1.29 is 14.7 Å². The van der Waals surface area contributed by atoms with Crippen LogP contribution in [0.5, 0.6) is 0 Å². The number of benzene rings is 1. The number of aryl methyl sites for hydroxylation is 3. The van der Waals surface area contributed by atoms with Crippen molar-refractivity contribution in [1.29, 1.82) is 0 Å². The molecule has 4 nitrogen and oxygen atoms in total. The number of carboxylic acid groups (broad SMARTS) is 1. The molecule has 0 heterocycles. The Labute approximate surface area is 133 Å². The molecule has 0 aliphatic heterocycles. The van der Waals surface area contributed by atoms with Gasteiger partial charge in [-0.05, 0) is 43.5 Å². The first-order chi connectivity index (χ1) is 9.91. The molecule has 0 radical (unpaired) electrons.